The first kappa shape index (κ1) is 13.3. The van der Waals surface area contributed by atoms with Crippen molar-refractivity contribution < 1.29 is 17.9 Å². The van der Waals surface area contributed by atoms with E-state index < -0.39 is 12.8 Å². The molecule has 94 valence electrons. The Morgan fingerprint density at radius 2 is 2.18 bits per heavy atom. The van der Waals surface area contributed by atoms with Crippen LogP contribution in [-0.4, -0.2) is 43.1 Å². The normalized spacial score (nSPS) is 11.8. The smallest absolute Gasteiger partial charge is 0.422 e. The van der Waals surface area contributed by atoms with E-state index >= 15 is 0 Å². The van der Waals surface area contributed by atoms with E-state index in [0.717, 1.165) is 0 Å². The molecule has 1 aromatic heterocycles. The molecule has 0 aliphatic heterocycles. The maximum Gasteiger partial charge on any atom is 0.422 e. The van der Waals surface area contributed by atoms with Crippen LogP contribution in [0, 0.1) is 0 Å². The van der Waals surface area contributed by atoms with E-state index in [2.05, 4.69) is 14.7 Å². The fraction of sp³-hybridized carbons (Fsp3) is 0.400. The summed E-state index contributed by atoms with van der Waals surface area (Å²) in [4.78, 5) is 9.49. The van der Waals surface area contributed by atoms with E-state index in [1.165, 1.54) is 24.7 Å². The fourth-order valence-corrected chi connectivity index (χ4v) is 0.900. The minimum Gasteiger partial charge on any atom is -0.484 e. The molecule has 0 bridgehead atoms. The summed E-state index contributed by atoms with van der Waals surface area (Å²) in [6, 6.07) is 2.69. The Hall–Kier alpha value is -1.79. The Morgan fingerprint density at radius 1 is 1.47 bits per heavy atom. The van der Waals surface area contributed by atoms with Gasteiger partial charge in [-0.2, -0.15) is 13.2 Å². The Morgan fingerprint density at radius 3 is 2.76 bits per heavy atom. The fourth-order valence-electron chi connectivity index (χ4n) is 0.900. The molecule has 0 unspecified atom stereocenters. The van der Waals surface area contributed by atoms with Gasteiger partial charge in [-0.25, -0.2) is 9.98 Å². The Kier molecular flexibility index (Phi) is 4.30. The van der Waals surface area contributed by atoms with Gasteiger partial charge in [-0.3, -0.25) is 0 Å². The second kappa shape index (κ2) is 5.51. The lowest BCUT2D eigenvalue weighted by Gasteiger charge is -2.09. The van der Waals surface area contributed by atoms with E-state index in [0.29, 0.717) is 5.82 Å². The van der Waals surface area contributed by atoms with Gasteiger partial charge in [0.25, 0.3) is 0 Å². The maximum absolute atomic E-state index is 11.9. The van der Waals surface area contributed by atoms with Gasteiger partial charge in [-0.05, 0) is 6.07 Å². The molecule has 0 N–H and O–H groups in total. The van der Waals surface area contributed by atoms with Crippen LogP contribution in [-0.2, 0) is 0 Å². The SMILES string of the molecule is CN(C)/C=N/c1cc(OCC(F)(F)F)ccn1. The molecule has 0 aliphatic carbocycles. The highest BCUT2D eigenvalue weighted by atomic mass is 19.4. The lowest BCUT2D eigenvalue weighted by Crippen LogP contribution is -2.19. The highest BCUT2D eigenvalue weighted by molar-refractivity contribution is 5.59. The molecule has 4 nitrogen and oxygen atoms in total. The first-order valence-electron chi connectivity index (χ1n) is 4.73. The van der Waals surface area contributed by atoms with E-state index in [9.17, 15) is 13.2 Å². The minimum absolute atomic E-state index is 0.0863. The number of pyridine rings is 1. The molecule has 0 spiro atoms. The standard InChI is InChI=1S/C10H12F3N3O/c1-16(2)7-15-9-5-8(3-4-14-9)17-6-10(11,12)13/h3-5,7H,6H2,1-2H3/b15-7+. The first-order valence-corrected chi connectivity index (χ1v) is 4.73. The van der Waals surface area contributed by atoms with E-state index in [1.807, 2.05) is 0 Å². The van der Waals surface area contributed by atoms with Crippen molar-refractivity contribution in [1.82, 2.24) is 9.88 Å². The second-order valence-corrected chi connectivity index (χ2v) is 3.46. The van der Waals surface area contributed by atoms with Gasteiger partial charge < -0.3 is 9.64 Å². The summed E-state index contributed by atoms with van der Waals surface area (Å²) in [6.45, 7) is -1.33. The Balaban J connectivity index is 2.66. The molecule has 1 rings (SSSR count). The molecule has 0 fully saturated rings. The molecule has 7 heteroatoms. The van der Waals surface area contributed by atoms with Crippen molar-refractivity contribution in [3.8, 4) is 5.75 Å². The van der Waals surface area contributed by atoms with Gasteiger partial charge in [0.15, 0.2) is 12.4 Å². The summed E-state index contributed by atoms with van der Waals surface area (Å²) < 4.78 is 40.3. The number of rotatable bonds is 4. The number of hydrogen-bond acceptors (Lipinski definition) is 3. The molecule has 1 heterocycles. The van der Waals surface area contributed by atoms with Gasteiger partial charge in [0.1, 0.15) is 5.75 Å². The zero-order valence-corrected chi connectivity index (χ0v) is 9.40. The topological polar surface area (TPSA) is 37.7 Å². The summed E-state index contributed by atoms with van der Waals surface area (Å²) in [6.07, 6.45) is -1.51. The highest BCUT2D eigenvalue weighted by Crippen LogP contribution is 2.20. The molecule has 0 aromatic carbocycles. The monoisotopic (exact) mass is 247 g/mol. The quantitative estimate of drug-likeness (QED) is 0.605. The van der Waals surface area contributed by atoms with Crippen molar-refractivity contribution in [2.75, 3.05) is 20.7 Å². The zero-order chi connectivity index (χ0) is 12.9. The predicted molar refractivity (Wildman–Crippen MR) is 57.6 cm³/mol. The average Bonchev–Trinajstić information content (AvgIpc) is 2.23. The summed E-state index contributed by atoms with van der Waals surface area (Å²) >= 11 is 0. The van der Waals surface area contributed by atoms with Gasteiger partial charge in [-0.15, -0.1) is 0 Å². The molecule has 0 saturated carbocycles. The van der Waals surface area contributed by atoms with Crippen LogP contribution in [0.1, 0.15) is 0 Å². The Bertz CT molecular complexity index is 391. The number of ether oxygens (including phenoxy) is 1. The Labute approximate surface area is 96.7 Å². The lowest BCUT2D eigenvalue weighted by atomic mass is 10.4. The molecule has 0 aliphatic rings. The van der Waals surface area contributed by atoms with Gasteiger partial charge in [0.2, 0.25) is 0 Å². The largest absolute Gasteiger partial charge is 0.484 e. The van der Waals surface area contributed by atoms with Gasteiger partial charge in [0.05, 0.1) is 6.34 Å². The van der Waals surface area contributed by atoms with Gasteiger partial charge >= 0.3 is 6.18 Å². The number of alkyl halides is 3. The van der Waals surface area contributed by atoms with Crippen molar-refractivity contribution in [3.05, 3.63) is 18.3 Å². The third kappa shape index (κ3) is 5.74. The second-order valence-electron chi connectivity index (χ2n) is 3.46. The van der Waals surface area contributed by atoms with E-state index in [-0.39, 0.29) is 5.75 Å². The van der Waals surface area contributed by atoms with Crippen molar-refractivity contribution in [3.63, 3.8) is 0 Å². The highest BCUT2D eigenvalue weighted by Gasteiger charge is 2.28. The van der Waals surface area contributed by atoms with Crippen molar-refractivity contribution in [2.45, 2.75) is 6.18 Å². The van der Waals surface area contributed by atoms with Crippen LogP contribution in [0.3, 0.4) is 0 Å². The number of aliphatic imine (C=N–C) groups is 1. The maximum atomic E-state index is 11.9. The minimum atomic E-state index is -4.35. The number of hydrogen-bond donors (Lipinski definition) is 0. The predicted octanol–water partition coefficient (Wildman–Crippen LogP) is 2.24. The van der Waals surface area contributed by atoms with Crippen LogP contribution in [0.2, 0.25) is 0 Å². The molecular formula is C10H12F3N3O. The van der Waals surface area contributed by atoms with Crippen LogP contribution in [0.5, 0.6) is 5.75 Å². The van der Waals surface area contributed by atoms with Crippen molar-refractivity contribution in [2.24, 2.45) is 4.99 Å². The van der Waals surface area contributed by atoms with Crippen LogP contribution >= 0.6 is 0 Å². The molecule has 0 amide bonds. The molecule has 0 radical (unpaired) electrons. The lowest BCUT2D eigenvalue weighted by molar-refractivity contribution is -0.153. The zero-order valence-electron chi connectivity index (χ0n) is 9.40. The van der Waals surface area contributed by atoms with Crippen molar-refractivity contribution in [1.29, 1.82) is 0 Å². The van der Waals surface area contributed by atoms with Crippen molar-refractivity contribution >= 4 is 12.2 Å². The average molecular weight is 247 g/mol. The summed E-state index contributed by atoms with van der Waals surface area (Å²) in [7, 11) is 3.54. The number of aromatic nitrogens is 1. The van der Waals surface area contributed by atoms with Crippen LogP contribution < -0.4 is 4.74 Å². The molecular weight excluding hydrogens is 235 g/mol. The molecule has 0 saturated heterocycles. The van der Waals surface area contributed by atoms with Crippen LogP contribution in [0.25, 0.3) is 0 Å². The first-order chi connectivity index (χ1) is 7.87. The van der Waals surface area contributed by atoms with Crippen LogP contribution in [0.4, 0.5) is 19.0 Å². The van der Waals surface area contributed by atoms with Gasteiger partial charge in [0, 0.05) is 26.4 Å². The van der Waals surface area contributed by atoms with Crippen LogP contribution in [0.15, 0.2) is 23.3 Å². The summed E-state index contributed by atoms with van der Waals surface area (Å²) in [5.41, 5.74) is 0. The molecule has 1 aromatic rings. The number of nitrogens with zero attached hydrogens (tertiary/aromatic N) is 3. The molecule has 17 heavy (non-hydrogen) atoms. The summed E-state index contributed by atoms with van der Waals surface area (Å²) in [5, 5.41) is 0. The third-order valence-corrected chi connectivity index (χ3v) is 1.54. The third-order valence-electron chi connectivity index (χ3n) is 1.54. The van der Waals surface area contributed by atoms with E-state index in [4.69, 9.17) is 0 Å². The van der Waals surface area contributed by atoms with E-state index in [1.54, 1.807) is 19.0 Å². The summed E-state index contributed by atoms with van der Waals surface area (Å²) in [5.74, 6) is 0.376. The molecule has 0 atom stereocenters. The number of halogens is 3. The van der Waals surface area contributed by atoms with Gasteiger partial charge in [-0.1, -0.05) is 0 Å².